The number of piperidine rings is 1. The van der Waals surface area contributed by atoms with E-state index in [1.54, 1.807) is 0 Å². The van der Waals surface area contributed by atoms with Crippen molar-refractivity contribution in [2.45, 2.75) is 64.1 Å². The molecule has 5 heteroatoms. The summed E-state index contributed by atoms with van der Waals surface area (Å²) in [4.78, 5) is 28.2. The van der Waals surface area contributed by atoms with E-state index in [2.05, 4.69) is 29.2 Å². The minimum Gasteiger partial charge on any atom is -0.481 e. The summed E-state index contributed by atoms with van der Waals surface area (Å²) in [6.45, 7) is 4.48. The van der Waals surface area contributed by atoms with E-state index >= 15 is 0 Å². The van der Waals surface area contributed by atoms with Gasteiger partial charge in [-0.15, -0.1) is 0 Å². The third kappa shape index (κ3) is 4.21. The quantitative estimate of drug-likeness (QED) is 0.892. The van der Waals surface area contributed by atoms with Crippen LogP contribution in [0.1, 0.15) is 50.2 Å². The largest absolute Gasteiger partial charge is 0.481 e. The van der Waals surface area contributed by atoms with E-state index in [0.29, 0.717) is 6.42 Å². The number of hydrogen-bond donors (Lipinski definition) is 1. The summed E-state index contributed by atoms with van der Waals surface area (Å²) in [5.41, 5.74) is 2.70. The van der Waals surface area contributed by atoms with Crippen LogP contribution in [0.2, 0.25) is 0 Å². The molecule has 25 heavy (non-hydrogen) atoms. The van der Waals surface area contributed by atoms with Gasteiger partial charge in [-0.05, 0) is 50.2 Å². The molecule has 0 bridgehead atoms. The van der Waals surface area contributed by atoms with Crippen LogP contribution in [0.15, 0.2) is 24.3 Å². The maximum Gasteiger partial charge on any atom is 0.303 e. The van der Waals surface area contributed by atoms with Crippen LogP contribution in [0.4, 0.5) is 0 Å². The Bertz CT molecular complexity index is 631. The van der Waals surface area contributed by atoms with Crippen molar-refractivity contribution in [2.24, 2.45) is 0 Å². The second-order valence-electron chi connectivity index (χ2n) is 7.28. The van der Waals surface area contributed by atoms with Gasteiger partial charge >= 0.3 is 5.97 Å². The van der Waals surface area contributed by atoms with Gasteiger partial charge in [0.2, 0.25) is 5.91 Å². The van der Waals surface area contributed by atoms with Crippen molar-refractivity contribution in [3.8, 4) is 0 Å². The Kier molecular flexibility index (Phi) is 5.74. The minimum absolute atomic E-state index is 0.0804. The molecule has 1 fully saturated rings. The first-order chi connectivity index (χ1) is 12.1. The summed E-state index contributed by atoms with van der Waals surface area (Å²) in [7, 11) is 0. The highest BCUT2D eigenvalue weighted by Gasteiger charge is 2.33. The second kappa shape index (κ2) is 8.00. The Morgan fingerprint density at radius 1 is 1.20 bits per heavy atom. The third-order valence-corrected chi connectivity index (χ3v) is 5.67. The van der Waals surface area contributed by atoms with Crippen LogP contribution < -0.4 is 0 Å². The van der Waals surface area contributed by atoms with E-state index in [0.717, 1.165) is 45.3 Å². The highest BCUT2D eigenvalue weighted by molar-refractivity contribution is 5.82. The van der Waals surface area contributed by atoms with Crippen molar-refractivity contribution in [3.63, 3.8) is 0 Å². The summed E-state index contributed by atoms with van der Waals surface area (Å²) in [5.74, 6) is -0.617. The zero-order valence-electron chi connectivity index (χ0n) is 15.0. The first-order valence-electron chi connectivity index (χ1n) is 9.39. The zero-order chi connectivity index (χ0) is 17.8. The molecule has 2 atom stereocenters. The minimum atomic E-state index is -0.779. The molecule has 1 saturated heterocycles. The molecule has 2 aliphatic rings. The van der Waals surface area contributed by atoms with Crippen LogP contribution in [0.25, 0.3) is 0 Å². The van der Waals surface area contributed by atoms with Gasteiger partial charge in [-0.25, -0.2) is 0 Å². The molecule has 2 heterocycles. The van der Waals surface area contributed by atoms with Gasteiger partial charge in [0, 0.05) is 32.1 Å². The summed E-state index contributed by atoms with van der Waals surface area (Å²) < 4.78 is 0. The lowest BCUT2D eigenvalue weighted by molar-refractivity contribution is -0.143. The Morgan fingerprint density at radius 3 is 2.72 bits per heavy atom. The fraction of sp³-hybridized carbons (Fsp3) is 0.600. The molecule has 1 N–H and O–H groups in total. The maximum absolute atomic E-state index is 13.1. The van der Waals surface area contributed by atoms with Crippen LogP contribution in [0, 0.1) is 0 Å². The average Bonchev–Trinajstić information content (AvgIpc) is 2.65. The van der Waals surface area contributed by atoms with Crippen LogP contribution in [-0.4, -0.2) is 52.0 Å². The first kappa shape index (κ1) is 17.9. The normalized spacial score (nSPS) is 22.3. The summed E-state index contributed by atoms with van der Waals surface area (Å²) in [6.07, 6.45) is 4.71. The molecular formula is C20H28N2O3. The molecule has 2 unspecified atom stereocenters. The molecule has 0 aromatic heterocycles. The smallest absolute Gasteiger partial charge is 0.303 e. The van der Waals surface area contributed by atoms with Crippen LogP contribution in [0.5, 0.6) is 0 Å². The SMILES string of the molecule is CC(C(=O)N1CCCCC1CCC(=O)O)N1CCc2ccccc2C1. The number of amides is 1. The topological polar surface area (TPSA) is 60.9 Å². The molecule has 0 spiro atoms. The Balaban J connectivity index is 1.65. The van der Waals surface area contributed by atoms with E-state index in [-0.39, 0.29) is 24.4 Å². The molecule has 136 valence electrons. The number of fused-ring (bicyclic) bond motifs is 1. The predicted molar refractivity (Wildman–Crippen MR) is 96.2 cm³/mol. The fourth-order valence-electron chi connectivity index (χ4n) is 4.13. The zero-order valence-corrected chi connectivity index (χ0v) is 15.0. The highest BCUT2D eigenvalue weighted by atomic mass is 16.4. The van der Waals surface area contributed by atoms with Crippen molar-refractivity contribution in [2.75, 3.05) is 13.1 Å². The summed E-state index contributed by atoms with van der Waals surface area (Å²) in [6, 6.07) is 8.38. The number of aliphatic carboxylic acids is 1. The number of carbonyl (C=O) groups excluding carboxylic acids is 1. The lowest BCUT2D eigenvalue weighted by Crippen LogP contribution is -2.53. The fourth-order valence-corrected chi connectivity index (χ4v) is 4.13. The first-order valence-corrected chi connectivity index (χ1v) is 9.39. The molecule has 1 aromatic rings. The monoisotopic (exact) mass is 344 g/mol. The van der Waals surface area contributed by atoms with E-state index in [9.17, 15) is 9.59 Å². The van der Waals surface area contributed by atoms with Crippen LogP contribution in [-0.2, 0) is 22.6 Å². The van der Waals surface area contributed by atoms with Crippen molar-refractivity contribution >= 4 is 11.9 Å². The third-order valence-electron chi connectivity index (χ3n) is 5.67. The van der Waals surface area contributed by atoms with Crippen LogP contribution in [0.3, 0.4) is 0 Å². The molecule has 5 nitrogen and oxygen atoms in total. The van der Waals surface area contributed by atoms with Crippen molar-refractivity contribution in [3.05, 3.63) is 35.4 Å². The Morgan fingerprint density at radius 2 is 1.96 bits per heavy atom. The van der Waals surface area contributed by atoms with Crippen LogP contribution >= 0.6 is 0 Å². The Labute approximate surface area is 149 Å². The van der Waals surface area contributed by atoms with E-state index in [1.807, 2.05) is 11.8 Å². The highest BCUT2D eigenvalue weighted by Crippen LogP contribution is 2.25. The number of rotatable bonds is 5. The van der Waals surface area contributed by atoms with Gasteiger partial charge in [0.05, 0.1) is 6.04 Å². The van der Waals surface area contributed by atoms with Gasteiger partial charge in [0.15, 0.2) is 0 Å². The van der Waals surface area contributed by atoms with Gasteiger partial charge in [-0.1, -0.05) is 24.3 Å². The van der Waals surface area contributed by atoms with Gasteiger partial charge in [-0.2, -0.15) is 0 Å². The van der Waals surface area contributed by atoms with Crippen molar-refractivity contribution < 1.29 is 14.7 Å². The average molecular weight is 344 g/mol. The number of nitrogens with zero attached hydrogens (tertiary/aromatic N) is 2. The molecule has 0 saturated carbocycles. The van der Waals surface area contributed by atoms with E-state index in [1.165, 1.54) is 11.1 Å². The number of carboxylic acids is 1. The predicted octanol–water partition coefficient (Wildman–Crippen LogP) is 2.68. The van der Waals surface area contributed by atoms with Gasteiger partial charge in [0.1, 0.15) is 0 Å². The number of benzene rings is 1. The lowest BCUT2D eigenvalue weighted by Gasteiger charge is -2.40. The second-order valence-corrected chi connectivity index (χ2v) is 7.28. The number of hydrogen-bond acceptors (Lipinski definition) is 3. The van der Waals surface area contributed by atoms with Gasteiger partial charge in [0.25, 0.3) is 0 Å². The Hall–Kier alpha value is -1.88. The van der Waals surface area contributed by atoms with Gasteiger partial charge in [-0.3, -0.25) is 14.5 Å². The maximum atomic E-state index is 13.1. The molecule has 2 aliphatic heterocycles. The molecule has 1 amide bonds. The molecule has 1 aromatic carbocycles. The van der Waals surface area contributed by atoms with Gasteiger partial charge < -0.3 is 10.0 Å². The lowest BCUT2D eigenvalue weighted by atomic mass is 9.95. The molecule has 0 radical (unpaired) electrons. The number of likely N-dealkylation sites (tertiary alicyclic amines) is 1. The molecular weight excluding hydrogens is 316 g/mol. The van der Waals surface area contributed by atoms with E-state index < -0.39 is 5.97 Å². The van der Waals surface area contributed by atoms with E-state index in [4.69, 9.17) is 5.11 Å². The number of carboxylic acid groups (broad SMARTS) is 1. The molecule has 0 aliphatic carbocycles. The number of carbonyl (C=O) groups is 2. The standard InChI is InChI=1S/C20H28N2O3/c1-15(21-13-11-16-6-2-3-7-17(16)14-21)20(25)22-12-5-4-8-18(22)9-10-19(23)24/h2-3,6-7,15,18H,4-5,8-14H2,1H3,(H,23,24). The van der Waals surface area contributed by atoms with Crippen molar-refractivity contribution in [1.82, 2.24) is 9.80 Å². The molecule has 3 rings (SSSR count). The van der Waals surface area contributed by atoms with Crippen molar-refractivity contribution in [1.29, 1.82) is 0 Å². The summed E-state index contributed by atoms with van der Waals surface area (Å²) in [5, 5.41) is 8.96. The summed E-state index contributed by atoms with van der Waals surface area (Å²) >= 11 is 0.